The van der Waals surface area contributed by atoms with Gasteiger partial charge in [-0.25, -0.2) is 9.78 Å². The van der Waals surface area contributed by atoms with E-state index in [0.717, 1.165) is 50.2 Å². The van der Waals surface area contributed by atoms with Gasteiger partial charge in [-0.15, -0.1) is 0 Å². The second kappa shape index (κ2) is 16.2. The van der Waals surface area contributed by atoms with Crippen LogP contribution in [-0.4, -0.2) is 26.8 Å². The van der Waals surface area contributed by atoms with E-state index >= 15 is 0 Å². The molecule has 1 fully saturated rings. The molecule has 1 saturated heterocycles. The molecule has 0 radical (unpaired) electrons. The highest BCUT2D eigenvalue weighted by Crippen LogP contribution is 2.39. The molecule has 1 aliphatic rings. The number of anilines is 1. The van der Waals surface area contributed by atoms with Crippen LogP contribution in [0.15, 0.2) is 158 Å². The Morgan fingerprint density at radius 1 is 0.741 bits per heavy atom. The van der Waals surface area contributed by atoms with Crippen molar-refractivity contribution in [3.8, 4) is 22.6 Å². The molecular formula is C45H40N4O5. The predicted molar refractivity (Wildman–Crippen MR) is 209 cm³/mol. The van der Waals surface area contributed by atoms with E-state index in [9.17, 15) is 9.90 Å². The van der Waals surface area contributed by atoms with Crippen LogP contribution in [0.4, 0.5) is 10.5 Å². The highest BCUT2D eigenvalue weighted by Gasteiger charge is 2.33. The number of hydrogen-bond acceptors (Lipinski definition) is 6. The summed E-state index contributed by atoms with van der Waals surface area (Å²) in [7, 11) is 0. The number of hydrogen-bond donors (Lipinski definition) is 3. The molecule has 6 aromatic carbocycles. The SMILES string of the molecule is O=C(NCc1cccc(-c2cccc(C3OC(Cn4cnc5ccccc54)CC(c4ccc(CO)cc4)O3)c2)c1)Nc1ccc(Oc2ccccc2)cc1. The van der Waals surface area contributed by atoms with E-state index in [1.165, 1.54) is 0 Å². The van der Waals surface area contributed by atoms with Gasteiger partial charge in [0.1, 0.15) is 11.5 Å². The van der Waals surface area contributed by atoms with Crippen molar-refractivity contribution in [2.24, 2.45) is 0 Å². The van der Waals surface area contributed by atoms with Crippen molar-refractivity contribution in [2.75, 3.05) is 5.32 Å². The van der Waals surface area contributed by atoms with Gasteiger partial charge in [-0.2, -0.15) is 0 Å². The molecule has 54 heavy (non-hydrogen) atoms. The normalized spacial score (nSPS) is 16.9. The number of nitrogens with one attached hydrogen (secondary N) is 2. The van der Waals surface area contributed by atoms with Crippen molar-refractivity contribution in [1.29, 1.82) is 0 Å². The maximum atomic E-state index is 12.8. The predicted octanol–water partition coefficient (Wildman–Crippen LogP) is 9.56. The average molecular weight is 717 g/mol. The third kappa shape index (κ3) is 8.35. The summed E-state index contributed by atoms with van der Waals surface area (Å²) in [6.07, 6.45) is 1.58. The Kier molecular flexibility index (Phi) is 10.4. The Labute approximate surface area is 313 Å². The van der Waals surface area contributed by atoms with Gasteiger partial charge in [0.2, 0.25) is 0 Å². The molecule has 0 spiro atoms. The molecule has 3 atom stereocenters. The molecule has 9 heteroatoms. The zero-order valence-electron chi connectivity index (χ0n) is 29.5. The minimum Gasteiger partial charge on any atom is -0.457 e. The molecule has 7 aromatic rings. The number of imidazole rings is 1. The van der Waals surface area contributed by atoms with Crippen molar-refractivity contribution >= 4 is 22.8 Å². The lowest BCUT2D eigenvalue weighted by Crippen LogP contribution is -2.32. The fourth-order valence-electron chi connectivity index (χ4n) is 6.72. The topological polar surface area (TPSA) is 107 Å². The lowest BCUT2D eigenvalue weighted by atomic mass is 9.98. The molecule has 0 bridgehead atoms. The first-order chi connectivity index (χ1) is 26.6. The highest BCUT2D eigenvalue weighted by molar-refractivity contribution is 5.89. The Morgan fingerprint density at radius 2 is 1.48 bits per heavy atom. The molecule has 1 aromatic heterocycles. The van der Waals surface area contributed by atoms with Gasteiger partial charge in [-0.1, -0.05) is 91.0 Å². The van der Waals surface area contributed by atoms with Crippen molar-refractivity contribution < 1.29 is 24.1 Å². The van der Waals surface area contributed by atoms with Gasteiger partial charge in [0.25, 0.3) is 0 Å². The number of nitrogens with zero attached hydrogens (tertiary/aromatic N) is 2. The van der Waals surface area contributed by atoms with Gasteiger partial charge in [0, 0.05) is 24.2 Å². The molecule has 2 heterocycles. The van der Waals surface area contributed by atoms with Gasteiger partial charge >= 0.3 is 6.03 Å². The number of carbonyl (C=O) groups is 1. The first kappa shape index (κ1) is 34.8. The molecule has 3 unspecified atom stereocenters. The van der Waals surface area contributed by atoms with Crippen molar-refractivity contribution in [3.05, 3.63) is 180 Å². The van der Waals surface area contributed by atoms with E-state index in [1.54, 1.807) is 0 Å². The first-order valence-corrected chi connectivity index (χ1v) is 18.0. The smallest absolute Gasteiger partial charge is 0.319 e. The van der Waals surface area contributed by atoms with Crippen LogP contribution in [0.3, 0.4) is 0 Å². The van der Waals surface area contributed by atoms with Crippen LogP contribution in [-0.2, 0) is 29.2 Å². The van der Waals surface area contributed by atoms with Crippen LogP contribution in [0.1, 0.15) is 41.1 Å². The zero-order valence-corrected chi connectivity index (χ0v) is 29.5. The second-order valence-electron chi connectivity index (χ2n) is 13.3. The minimum atomic E-state index is -0.603. The monoisotopic (exact) mass is 716 g/mol. The minimum absolute atomic E-state index is 0.00833. The summed E-state index contributed by atoms with van der Waals surface area (Å²) in [4.78, 5) is 17.4. The number of fused-ring (bicyclic) bond motifs is 1. The fraction of sp³-hybridized carbons (Fsp3) is 0.156. The number of aliphatic hydroxyl groups is 1. The van der Waals surface area contributed by atoms with Crippen LogP contribution in [0, 0.1) is 0 Å². The van der Waals surface area contributed by atoms with E-state index in [2.05, 4.69) is 50.5 Å². The van der Waals surface area contributed by atoms with Gasteiger partial charge in [0.05, 0.1) is 42.7 Å². The van der Waals surface area contributed by atoms with Crippen molar-refractivity contribution in [1.82, 2.24) is 14.9 Å². The van der Waals surface area contributed by atoms with Crippen LogP contribution in [0.5, 0.6) is 11.5 Å². The van der Waals surface area contributed by atoms with Gasteiger partial charge in [-0.3, -0.25) is 0 Å². The van der Waals surface area contributed by atoms with Gasteiger partial charge < -0.3 is 34.5 Å². The number of para-hydroxylation sites is 3. The van der Waals surface area contributed by atoms with Crippen molar-refractivity contribution in [2.45, 2.75) is 44.6 Å². The third-order valence-corrected chi connectivity index (χ3v) is 9.51. The van der Waals surface area contributed by atoms with Gasteiger partial charge in [-0.05, 0) is 88.5 Å². The van der Waals surface area contributed by atoms with E-state index in [0.29, 0.717) is 30.9 Å². The number of carbonyl (C=O) groups excluding carboxylic acids is 1. The molecule has 0 aliphatic carbocycles. The number of benzene rings is 6. The van der Waals surface area contributed by atoms with E-state index in [4.69, 9.17) is 14.2 Å². The standard InChI is InChI=1S/C45H40N4O5/c50-29-31-16-18-33(19-17-31)43-26-40(28-49-30-47-41-14-4-5-15-42(41)49)53-44(54-43)36-11-7-10-35(25-36)34-9-6-8-32(24-34)27-46-45(51)48-37-20-22-39(23-21-37)52-38-12-2-1-3-13-38/h1-25,30,40,43-44,50H,26-29H2,(H2,46,48,51). The highest BCUT2D eigenvalue weighted by atomic mass is 16.7. The maximum Gasteiger partial charge on any atom is 0.319 e. The average Bonchev–Trinajstić information content (AvgIpc) is 3.63. The van der Waals surface area contributed by atoms with E-state index in [1.807, 2.05) is 128 Å². The first-order valence-electron chi connectivity index (χ1n) is 18.0. The van der Waals surface area contributed by atoms with Crippen LogP contribution in [0.2, 0.25) is 0 Å². The van der Waals surface area contributed by atoms with E-state index in [-0.39, 0.29) is 24.8 Å². The number of rotatable bonds is 11. The summed E-state index contributed by atoms with van der Waals surface area (Å²) in [5.74, 6) is 1.44. The summed E-state index contributed by atoms with van der Waals surface area (Å²) >= 11 is 0. The number of ether oxygens (including phenoxy) is 3. The summed E-state index contributed by atoms with van der Waals surface area (Å²) in [6.45, 7) is 0.971. The fourth-order valence-corrected chi connectivity index (χ4v) is 6.72. The molecular weight excluding hydrogens is 677 g/mol. The number of urea groups is 1. The zero-order chi connectivity index (χ0) is 36.7. The molecule has 270 valence electrons. The molecule has 2 amide bonds. The van der Waals surface area contributed by atoms with Gasteiger partial charge in [0.15, 0.2) is 6.29 Å². The van der Waals surface area contributed by atoms with Crippen LogP contribution >= 0.6 is 0 Å². The Bertz CT molecular complexity index is 2330. The van der Waals surface area contributed by atoms with Crippen molar-refractivity contribution in [3.63, 3.8) is 0 Å². The largest absolute Gasteiger partial charge is 0.457 e. The molecule has 8 rings (SSSR count). The Balaban J connectivity index is 0.945. The Hall–Kier alpha value is -6.26. The summed E-state index contributed by atoms with van der Waals surface area (Å²) in [6, 6.07) is 48.9. The molecule has 3 N–H and O–H groups in total. The second-order valence-corrected chi connectivity index (χ2v) is 13.3. The van der Waals surface area contributed by atoms with Crippen LogP contribution in [0.25, 0.3) is 22.2 Å². The maximum absolute atomic E-state index is 12.8. The molecule has 1 aliphatic heterocycles. The molecule has 0 saturated carbocycles. The Morgan fingerprint density at radius 3 is 2.30 bits per heavy atom. The quantitative estimate of drug-likeness (QED) is 0.123. The summed E-state index contributed by atoms with van der Waals surface area (Å²) in [5.41, 5.74) is 8.46. The summed E-state index contributed by atoms with van der Waals surface area (Å²) in [5, 5.41) is 15.5. The number of aromatic nitrogens is 2. The third-order valence-electron chi connectivity index (χ3n) is 9.51. The summed E-state index contributed by atoms with van der Waals surface area (Å²) < 4.78 is 21.3. The molecule has 9 nitrogen and oxygen atoms in total. The number of amides is 2. The van der Waals surface area contributed by atoms with E-state index < -0.39 is 6.29 Å². The van der Waals surface area contributed by atoms with Crippen LogP contribution < -0.4 is 15.4 Å². The number of aliphatic hydroxyl groups excluding tert-OH is 1. The lowest BCUT2D eigenvalue weighted by Gasteiger charge is -2.36. The lowest BCUT2D eigenvalue weighted by molar-refractivity contribution is -0.252.